The Labute approximate surface area is 175 Å². The van der Waals surface area contributed by atoms with E-state index in [4.69, 9.17) is 0 Å². The van der Waals surface area contributed by atoms with Crippen LogP contribution in [0.25, 0.3) is 6.08 Å². The van der Waals surface area contributed by atoms with E-state index in [-0.39, 0.29) is 23.5 Å². The molecule has 2 aromatic carbocycles. The number of carbonyl (C=O) groups is 1. The Morgan fingerprint density at radius 2 is 1.72 bits per heavy atom. The Morgan fingerprint density at radius 1 is 1.00 bits per heavy atom. The fraction of sp³-hybridized carbons (Fsp3) is 0.250. The number of hydrogen-bond donors (Lipinski definition) is 0. The standard InChI is InChI=1S/C24H23FN2OS/c25-20-15-7-8-16-21(20)26-24-27(19-13-5-2-6-14-19)23(28)22(29-24)17-9-12-18-10-3-1-4-11-18/h1,3-4,7-12,15-17,19H,2,5-6,13-14H2/b12-9+,22-17-,26-24?. The summed E-state index contributed by atoms with van der Waals surface area (Å²) in [6.07, 6.45) is 11.1. The lowest BCUT2D eigenvalue weighted by molar-refractivity contribution is -0.124. The van der Waals surface area contributed by atoms with Gasteiger partial charge in [0.1, 0.15) is 11.5 Å². The SMILES string of the molecule is O=C1/C(=C/C=C/c2ccccc2)SC(=Nc2ccccc2F)N1C1CCCCC1. The van der Waals surface area contributed by atoms with E-state index in [0.717, 1.165) is 31.2 Å². The predicted octanol–water partition coefficient (Wildman–Crippen LogP) is 6.32. The van der Waals surface area contributed by atoms with Crippen LogP contribution >= 0.6 is 11.8 Å². The zero-order valence-corrected chi connectivity index (χ0v) is 16.9. The molecular formula is C24H23FN2OS. The molecule has 0 aromatic heterocycles. The van der Waals surface area contributed by atoms with Crippen molar-refractivity contribution >= 4 is 34.6 Å². The summed E-state index contributed by atoms with van der Waals surface area (Å²) in [5.74, 6) is -0.409. The molecule has 2 fully saturated rings. The summed E-state index contributed by atoms with van der Waals surface area (Å²) in [6, 6.07) is 16.5. The molecule has 148 valence electrons. The van der Waals surface area contributed by atoms with Crippen LogP contribution in [0.2, 0.25) is 0 Å². The number of para-hydroxylation sites is 1. The molecule has 29 heavy (non-hydrogen) atoms. The number of nitrogens with zero attached hydrogens (tertiary/aromatic N) is 2. The molecule has 2 aromatic rings. The second-order valence-corrected chi connectivity index (χ2v) is 8.22. The summed E-state index contributed by atoms with van der Waals surface area (Å²) >= 11 is 1.33. The van der Waals surface area contributed by atoms with Crippen LogP contribution in [-0.2, 0) is 4.79 Å². The molecule has 1 aliphatic carbocycles. The van der Waals surface area contributed by atoms with Gasteiger partial charge in [0, 0.05) is 6.04 Å². The van der Waals surface area contributed by atoms with E-state index in [1.54, 1.807) is 23.1 Å². The van der Waals surface area contributed by atoms with Gasteiger partial charge < -0.3 is 0 Å². The zero-order chi connectivity index (χ0) is 20.1. The third kappa shape index (κ3) is 4.67. The van der Waals surface area contributed by atoms with Crippen LogP contribution in [0.4, 0.5) is 10.1 Å². The molecule has 5 heteroatoms. The van der Waals surface area contributed by atoms with E-state index in [2.05, 4.69) is 4.99 Å². The molecule has 1 aliphatic heterocycles. The molecule has 0 radical (unpaired) electrons. The van der Waals surface area contributed by atoms with Crippen LogP contribution in [0.15, 0.2) is 76.6 Å². The first kappa shape index (κ1) is 19.6. The number of benzene rings is 2. The first-order valence-electron chi connectivity index (χ1n) is 10.0. The average molecular weight is 407 g/mol. The van der Waals surface area contributed by atoms with Gasteiger partial charge in [-0.1, -0.05) is 73.9 Å². The van der Waals surface area contributed by atoms with E-state index in [1.165, 1.54) is 24.2 Å². The molecule has 4 rings (SSSR count). The highest BCUT2D eigenvalue weighted by Gasteiger charge is 2.38. The van der Waals surface area contributed by atoms with E-state index in [9.17, 15) is 9.18 Å². The fourth-order valence-corrected chi connectivity index (χ4v) is 4.70. The number of carbonyl (C=O) groups excluding carboxylic acids is 1. The van der Waals surface area contributed by atoms with Crippen LogP contribution in [-0.4, -0.2) is 22.0 Å². The quantitative estimate of drug-likeness (QED) is 0.557. The minimum atomic E-state index is -0.377. The van der Waals surface area contributed by atoms with Gasteiger partial charge in [0.05, 0.1) is 4.91 Å². The molecule has 1 saturated heterocycles. The first-order chi connectivity index (χ1) is 14.2. The number of allylic oxidation sites excluding steroid dienone is 2. The topological polar surface area (TPSA) is 32.7 Å². The van der Waals surface area contributed by atoms with Crippen molar-refractivity contribution < 1.29 is 9.18 Å². The largest absolute Gasteiger partial charge is 0.283 e. The number of rotatable bonds is 4. The summed E-state index contributed by atoms with van der Waals surface area (Å²) in [7, 11) is 0. The molecule has 1 heterocycles. The van der Waals surface area contributed by atoms with Crippen molar-refractivity contribution in [3.63, 3.8) is 0 Å². The van der Waals surface area contributed by atoms with E-state index in [0.29, 0.717) is 10.1 Å². The Bertz CT molecular complexity index is 962. The first-order valence-corrected chi connectivity index (χ1v) is 10.8. The fourth-order valence-electron chi connectivity index (χ4n) is 3.70. The van der Waals surface area contributed by atoms with Crippen molar-refractivity contribution in [1.82, 2.24) is 4.90 Å². The maximum absolute atomic E-state index is 14.2. The molecule has 3 nitrogen and oxygen atoms in total. The lowest BCUT2D eigenvalue weighted by Crippen LogP contribution is -2.40. The van der Waals surface area contributed by atoms with Gasteiger partial charge >= 0.3 is 0 Å². The Morgan fingerprint density at radius 3 is 2.48 bits per heavy atom. The van der Waals surface area contributed by atoms with Gasteiger partial charge in [-0.05, 0) is 48.4 Å². The number of amides is 1. The van der Waals surface area contributed by atoms with Gasteiger partial charge in [-0.15, -0.1) is 0 Å². The van der Waals surface area contributed by atoms with Crippen LogP contribution in [0.3, 0.4) is 0 Å². The molecule has 2 aliphatic rings. The summed E-state index contributed by atoms with van der Waals surface area (Å²) in [5, 5.41) is 0.575. The highest BCUT2D eigenvalue weighted by molar-refractivity contribution is 8.18. The highest BCUT2D eigenvalue weighted by atomic mass is 32.2. The van der Waals surface area contributed by atoms with Crippen molar-refractivity contribution in [2.75, 3.05) is 0 Å². The molecule has 0 bridgehead atoms. The van der Waals surface area contributed by atoms with Crippen LogP contribution < -0.4 is 0 Å². The lowest BCUT2D eigenvalue weighted by atomic mass is 9.94. The monoisotopic (exact) mass is 406 g/mol. The lowest BCUT2D eigenvalue weighted by Gasteiger charge is -2.30. The number of thioether (sulfide) groups is 1. The Kier molecular flexibility index (Phi) is 6.25. The Hall–Kier alpha value is -2.66. The highest BCUT2D eigenvalue weighted by Crippen LogP contribution is 2.37. The van der Waals surface area contributed by atoms with Crippen LogP contribution in [0.5, 0.6) is 0 Å². The van der Waals surface area contributed by atoms with Gasteiger partial charge in [-0.25, -0.2) is 9.38 Å². The molecule has 1 saturated carbocycles. The van der Waals surface area contributed by atoms with Crippen molar-refractivity contribution in [3.05, 3.63) is 83.0 Å². The summed E-state index contributed by atoms with van der Waals surface area (Å²) in [5.41, 5.74) is 1.34. The third-order valence-corrected chi connectivity index (χ3v) is 6.18. The van der Waals surface area contributed by atoms with Crippen LogP contribution in [0, 0.1) is 5.82 Å². The molecule has 0 spiro atoms. The van der Waals surface area contributed by atoms with Gasteiger partial charge in [0.15, 0.2) is 5.17 Å². The second kappa shape index (κ2) is 9.23. The predicted molar refractivity (Wildman–Crippen MR) is 118 cm³/mol. The number of hydrogen-bond acceptors (Lipinski definition) is 3. The summed E-state index contributed by atoms with van der Waals surface area (Å²) < 4.78 is 14.2. The smallest absolute Gasteiger partial charge is 0.266 e. The van der Waals surface area contributed by atoms with Crippen molar-refractivity contribution in [1.29, 1.82) is 0 Å². The summed E-state index contributed by atoms with van der Waals surface area (Å²) in [4.78, 5) is 20.1. The van der Waals surface area contributed by atoms with Crippen molar-refractivity contribution in [2.45, 2.75) is 38.1 Å². The minimum absolute atomic E-state index is 0.0327. The van der Waals surface area contributed by atoms with Gasteiger partial charge in [-0.2, -0.15) is 0 Å². The molecule has 1 amide bonds. The number of halogens is 1. The number of amidine groups is 1. The van der Waals surface area contributed by atoms with E-state index in [1.807, 2.05) is 48.6 Å². The number of aliphatic imine (C=N–C) groups is 1. The van der Waals surface area contributed by atoms with Gasteiger partial charge in [0.2, 0.25) is 0 Å². The van der Waals surface area contributed by atoms with E-state index >= 15 is 0 Å². The van der Waals surface area contributed by atoms with Crippen LogP contribution in [0.1, 0.15) is 37.7 Å². The maximum atomic E-state index is 14.2. The van der Waals surface area contributed by atoms with Gasteiger partial charge in [0.25, 0.3) is 5.91 Å². The molecule has 0 N–H and O–H groups in total. The molecule has 0 atom stereocenters. The normalized spacial score (nSPS) is 21.0. The maximum Gasteiger partial charge on any atom is 0.266 e. The third-order valence-electron chi connectivity index (χ3n) is 5.18. The second-order valence-electron chi connectivity index (χ2n) is 7.22. The average Bonchev–Trinajstić information content (AvgIpc) is 3.06. The molecule has 0 unspecified atom stereocenters. The minimum Gasteiger partial charge on any atom is -0.283 e. The molecular weight excluding hydrogens is 383 g/mol. The van der Waals surface area contributed by atoms with E-state index < -0.39 is 0 Å². The summed E-state index contributed by atoms with van der Waals surface area (Å²) in [6.45, 7) is 0. The Balaban J connectivity index is 1.63. The van der Waals surface area contributed by atoms with Gasteiger partial charge in [-0.3, -0.25) is 9.69 Å². The van der Waals surface area contributed by atoms with Crippen molar-refractivity contribution in [3.8, 4) is 0 Å². The zero-order valence-electron chi connectivity index (χ0n) is 16.1. The van der Waals surface area contributed by atoms with Crippen molar-refractivity contribution in [2.24, 2.45) is 4.99 Å².